The lowest BCUT2D eigenvalue weighted by molar-refractivity contribution is 0.160. The fourth-order valence-electron chi connectivity index (χ4n) is 0.0943. The number of amides is 3. The van der Waals surface area contributed by atoms with Gasteiger partial charge in [0.25, 0.3) is 0 Å². The number of carbonyl (C=O) groups is 2. The number of carboxylic acid groups (broad SMARTS) is 1. The van der Waals surface area contributed by atoms with Crippen molar-refractivity contribution in [2.75, 3.05) is 7.05 Å². The Morgan fingerprint density at radius 3 is 2.00 bits per heavy atom. The highest BCUT2D eigenvalue weighted by atomic mass is 16.4. The maximum atomic E-state index is 9.91. The number of carbonyl (C=O) groups excluding carboxylic acids is 1. The van der Waals surface area contributed by atoms with E-state index in [2.05, 4.69) is 5.73 Å². The van der Waals surface area contributed by atoms with Crippen LogP contribution >= 0.6 is 0 Å². The highest BCUT2D eigenvalue weighted by Gasteiger charge is 2.08. The van der Waals surface area contributed by atoms with Crippen LogP contribution in [0.5, 0.6) is 0 Å². The van der Waals surface area contributed by atoms with Crippen molar-refractivity contribution in [2.45, 2.75) is 0 Å². The molecule has 0 aliphatic heterocycles. The van der Waals surface area contributed by atoms with Crippen molar-refractivity contribution in [3.05, 3.63) is 0 Å². The average Bonchev–Trinajstić information content (AvgIpc) is 1.64. The summed E-state index contributed by atoms with van der Waals surface area (Å²) in [7, 11) is 1.07. The molecule has 0 aliphatic carbocycles. The van der Waals surface area contributed by atoms with Crippen molar-refractivity contribution in [1.29, 1.82) is 0 Å². The number of imide groups is 1. The first-order valence-corrected chi connectivity index (χ1v) is 1.81. The van der Waals surface area contributed by atoms with Crippen LogP contribution < -0.4 is 5.73 Å². The number of nitrogens with zero attached hydrogens (tertiary/aromatic N) is 1. The van der Waals surface area contributed by atoms with Crippen molar-refractivity contribution in [3.8, 4) is 0 Å². The van der Waals surface area contributed by atoms with Crippen LogP contribution in [0.4, 0.5) is 9.59 Å². The highest BCUT2D eigenvalue weighted by Crippen LogP contribution is 1.79. The predicted octanol–water partition coefficient (Wildman–Crippen LogP) is -0.325. The molecule has 0 fully saturated rings. The van der Waals surface area contributed by atoms with Gasteiger partial charge in [-0.25, -0.2) is 14.5 Å². The Kier molecular flexibility index (Phi) is 1.81. The van der Waals surface area contributed by atoms with Gasteiger partial charge in [-0.1, -0.05) is 0 Å². The Balaban J connectivity index is 3.83. The van der Waals surface area contributed by atoms with E-state index in [1.165, 1.54) is 0 Å². The van der Waals surface area contributed by atoms with E-state index in [1.807, 2.05) is 0 Å². The Labute approximate surface area is 45.7 Å². The van der Waals surface area contributed by atoms with Crippen LogP contribution in [0.1, 0.15) is 0 Å². The molecule has 0 saturated heterocycles. The van der Waals surface area contributed by atoms with Crippen LogP contribution in [-0.2, 0) is 0 Å². The van der Waals surface area contributed by atoms with Gasteiger partial charge < -0.3 is 10.8 Å². The van der Waals surface area contributed by atoms with Gasteiger partial charge in [0.15, 0.2) is 0 Å². The summed E-state index contributed by atoms with van der Waals surface area (Å²) in [6, 6.07) is -0.975. The molecule has 3 N–H and O–H groups in total. The van der Waals surface area contributed by atoms with E-state index in [9.17, 15) is 9.59 Å². The third kappa shape index (κ3) is 1.46. The lowest BCUT2D eigenvalue weighted by atomic mass is 10.8. The molecule has 5 heteroatoms. The van der Waals surface area contributed by atoms with Gasteiger partial charge in [-0.05, 0) is 0 Å². The third-order valence-electron chi connectivity index (χ3n) is 0.618. The summed E-state index contributed by atoms with van der Waals surface area (Å²) in [6.07, 6.45) is -1.35. The number of rotatable bonds is 0. The summed E-state index contributed by atoms with van der Waals surface area (Å²) >= 11 is 0. The molecule has 0 atom stereocenters. The molecule has 8 heavy (non-hydrogen) atoms. The van der Waals surface area contributed by atoms with E-state index in [-0.39, 0.29) is 0 Å². The largest absolute Gasteiger partial charge is 0.465 e. The van der Waals surface area contributed by atoms with E-state index in [4.69, 9.17) is 5.11 Å². The van der Waals surface area contributed by atoms with Gasteiger partial charge in [-0.3, -0.25) is 0 Å². The van der Waals surface area contributed by atoms with E-state index >= 15 is 0 Å². The zero-order valence-corrected chi connectivity index (χ0v) is 4.29. The lowest BCUT2D eigenvalue weighted by Crippen LogP contribution is -2.35. The van der Waals surface area contributed by atoms with Crippen LogP contribution in [0.25, 0.3) is 0 Å². The molecule has 0 bridgehead atoms. The minimum atomic E-state index is -1.35. The van der Waals surface area contributed by atoms with E-state index in [1.54, 1.807) is 0 Å². The molecular weight excluding hydrogens is 112 g/mol. The molecule has 46 valence electrons. The van der Waals surface area contributed by atoms with E-state index < -0.39 is 12.1 Å². The van der Waals surface area contributed by atoms with Gasteiger partial charge in [0.2, 0.25) is 0 Å². The molecule has 0 spiro atoms. The summed E-state index contributed by atoms with van der Waals surface area (Å²) in [5.74, 6) is 0. The second-order valence-corrected chi connectivity index (χ2v) is 1.18. The summed E-state index contributed by atoms with van der Waals surface area (Å²) in [5, 5.41) is 7.98. The fourth-order valence-corrected chi connectivity index (χ4v) is 0.0943. The fraction of sp³-hybridized carbons (Fsp3) is 0.333. The molecule has 0 heterocycles. The standard InChI is InChI=1S/C3H6N2O3/c1-5(2(4)6)3(7)8/h1H3,(H2,4,6)(H,7,8). The van der Waals surface area contributed by atoms with Gasteiger partial charge in [-0.15, -0.1) is 0 Å². The molecule has 5 nitrogen and oxygen atoms in total. The highest BCUT2D eigenvalue weighted by molar-refractivity contribution is 5.88. The zero-order valence-electron chi connectivity index (χ0n) is 4.29. The zero-order chi connectivity index (χ0) is 6.73. The van der Waals surface area contributed by atoms with Crippen LogP contribution in [0.2, 0.25) is 0 Å². The third-order valence-corrected chi connectivity index (χ3v) is 0.618. The lowest BCUT2D eigenvalue weighted by Gasteiger charge is -2.04. The van der Waals surface area contributed by atoms with Crippen molar-refractivity contribution in [1.82, 2.24) is 4.90 Å². The topological polar surface area (TPSA) is 83.6 Å². The van der Waals surface area contributed by atoms with Crippen molar-refractivity contribution in [2.24, 2.45) is 5.73 Å². The molecule has 0 radical (unpaired) electrons. The summed E-state index contributed by atoms with van der Waals surface area (Å²) in [5.41, 5.74) is 4.54. The molecule has 0 rings (SSSR count). The van der Waals surface area contributed by atoms with Crippen molar-refractivity contribution >= 4 is 12.1 Å². The molecule has 0 aromatic rings. The molecule has 3 amide bonds. The minimum Gasteiger partial charge on any atom is -0.465 e. The van der Waals surface area contributed by atoms with Gasteiger partial charge >= 0.3 is 12.1 Å². The van der Waals surface area contributed by atoms with Crippen LogP contribution in [-0.4, -0.2) is 29.2 Å². The predicted molar refractivity (Wildman–Crippen MR) is 25.4 cm³/mol. The molecule has 0 unspecified atom stereocenters. The molecule has 0 aromatic heterocycles. The minimum absolute atomic E-state index is 0.389. The van der Waals surface area contributed by atoms with Crippen LogP contribution in [0, 0.1) is 0 Å². The van der Waals surface area contributed by atoms with Crippen LogP contribution in [0.15, 0.2) is 0 Å². The Morgan fingerprint density at radius 1 is 1.62 bits per heavy atom. The number of nitrogens with two attached hydrogens (primary N) is 1. The monoisotopic (exact) mass is 118 g/mol. The maximum Gasteiger partial charge on any atom is 0.415 e. The van der Waals surface area contributed by atoms with Crippen LogP contribution in [0.3, 0.4) is 0 Å². The number of urea groups is 1. The first-order chi connectivity index (χ1) is 3.55. The quantitative estimate of drug-likeness (QED) is 0.457. The van der Waals surface area contributed by atoms with Crippen molar-refractivity contribution in [3.63, 3.8) is 0 Å². The maximum absolute atomic E-state index is 9.91. The van der Waals surface area contributed by atoms with Gasteiger partial charge in [-0.2, -0.15) is 0 Å². The Morgan fingerprint density at radius 2 is 2.00 bits per heavy atom. The molecule has 0 aliphatic rings. The molecule has 0 saturated carbocycles. The second kappa shape index (κ2) is 2.15. The van der Waals surface area contributed by atoms with Gasteiger partial charge in [0, 0.05) is 7.05 Å². The summed E-state index contributed by atoms with van der Waals surface area (Å²) in [6.45, 7) is 0. The van der Waals surface area contributed by atoms with E-state index in [0.717, 1.165) is 7.05 Å². The smallest absolute Gasteiger partial charge is 0.415 e. The molecular formula is C3H6N2O3. The summed E-state index contributed by atoms with van der Waals surface area (Å²) < 4.78 is 0. The average molecular weight is 118 g/mol. The number of hydrogen-bond donors (Lipinski definition) is 2. The van der Waals surface area contributed by atoms with E-state index in [0.29, 0.717) is 4.90 Å². The normalized spacial score (nSPS) is 8.12. The Hall–Kier alpha value is -1.26. The Bertz CT molecular complexity index is 108. The first kappa shape index (κ1) is 6.74. The van der Waals surface area contributed by atoms with Gasteiger partial charge in [0.1, 0.15) is 0 Å². The number of hydrogen-bond acceptors (Lipinski definition) is 2. The molecule has 0 aromatic carbocycles. The van der Waals surface area contributed by atoms with Gasteiger partial charge in [0.05, 0.1) is 0 Å². The summed E-state index contributed by atoms with van der Waals surface area (Å²) in [4.78, 5) is 20.1. The number of primary amides is 1. The first-order valence-electron chi connectivity index (χ1n) is 1.81. The SMILES string of the molecule is CN(C(N)=O)C(=O)O. The second-order valence-electron chi connectivity index (χ2n) is 1.18. The van der Waals surface area contributed by atoms with Crippen molar-refractivity contribution < 1.29 is 14.7 Å².